The van der Waals surface area contributed by atoms with E-state index < -0.39 is 229 Å². The minimum Gasteiger partial charge on any atom is -0.309 e. The maximum absolute atomic E-state index is 10.1. The monoisotopic (exact) mass is 588 g/mol. The smallest absolute Gasteiger partial charge is 0.238 e. The second-order valence-electron chi connectivity index (χ2n) is 9.07. The van der Waals surface area contributed by atoms with Crippen LogP contribution in [0.5, 0.6) is 0 Å². The largest absolute Gasteiger partial charge is 0.309 e. The van der Waals surface area contributed by atoms with Crippen molar-refractivity contribution in [2.45, 2.75) is 0 Å². The van der Waals surface area contributed by atoms with Crippen LogP contribution in [0, 0.1) is 0 Å². The van der Waals surface area contributed by atoms with Crippen LogP contribution in [0.15, 0.2) is 151 Å². The lowest BCUT2D eigenvalue weighted by molar-refractivity contribution is 0.953. The molecule has 44 heavy (non-hydrogen) atoms. The fourth-order valence-corrected chi connectivity index (χ4v) is 4.90. The summed E-state index contributed by atoms with van der Waals surface area (Å²) < 4.78 is 221. The number of hydrogen-bond donors (Lipinski definition) is 0. The Morgan fingerprint density at radius 3 is 1.41 bits per heavy atom. The third-order valence-electron chi connectivity index (χ3n) is 6.67. The fourth-order valence-electron chi connectivity index (χ4n) is 4.90. The Kier molecular flexibility index (Phi) is 2.28. The van der Waals surface area contributed by atoms with Gasteiger partial charge in [-0.15, -0.1) is 0 Å². The summed E-state index contributed by atoms with van der Waals surface area (Å²) in [6, 6.07) is -21.7. The summed E-state index contributed by atoms with van der Waals surface area (Å²) in [6.45, 7) is 0. The molecule has 0 aliphatic rings. The van der Waals surface area contributed by atoms with Crippen LogP contribution in [-0.2, 0) is 0 Å². The number of fused-ring (bicyclic) bond motifs is 6. The van der Waals surface area contributed by atoms with Crippen LogP contribution >= 0.6 is 0 Å². The van der Waals surface area contributed by atoms with E-state index in [-0.39, 0.29) is 0 Å². The van der Waals surface area contributed by atoms with Gasteiger partial charge in [-0.3, -0.25) is 4.57 Å². The van der Waals surface area contributed by atoms with Gasteiger partial charge in [0.15, 0.2) is 11.6 Å². The van der Waals surface area contributed by atoms with Crippen LogP contribution in [0.4, 0.5) is 0 Å². The number of benzene rings is 6. The molecule has 0 bridgehead atoms. The standard InChI is InChI=1S/C39H25N5/c1-4-14-26(15-5-1)37-40-38(27-16-6-2-7-17-27)42-39(41-37)44-34-23-13-11-21-30(34)32-24-31-29-20-10-12-22-33(29)43(35(31)25-36(32)44)28-18-8-3-9-19-28/h1-25H/i1D,2D,3D,4D,5D,6D,7D,8D,9D,10D,11D,12D,13D,14D,15D,16D,17D,18D,19D,20D,21D,22D,23D,24D,25D. The van der Waals surface area contributed by atoms with Gasteiger partial charge in [0.25, 0.3) is 0 Å². The van der Waals surface area contributed by atoms with Crippen LogP contribution in [0.25, 0.3) is 78.0 Å². The molecule has 0 radical (unpaired) electrons. The van der Waals surface area contributed by atoms with E-state index in [2.05, 4.69) is 15.0 Å². The van der Waals surface area contributed by atoms with E-state index in [4.69, 9.17) is 30.2 Å². The molecule has 3 aromatic heterocycles. The van der Waals surface area contributed by atoms with Gasteiger partial charge in [-0.1, -0.05) is 115 Å². The van der Waals surface area contributed by atoms with Crippen molar-refractivity contribution in [3.05, 3.63) is 151 Å². The number of nitrogens with zero attached hydrogens (tertiary/aromatic N) is 5. The van der Waals surface area contributed by atoms with Crippen molar-refractivity contribution in [2.75, 3.05) is 0 Å². The van der Waals surface area contributed by atoms with Crippen LogP contribution in [0.1, 0.15) is 34.3 Å². The highest BCUT2D eigenvalue weighted by Gasteiger charge is 2.20. The summed E-state index contributed by atoms with van der Waals surface area (Å²) in [6.07, 6.45) is 0. The van der Waals surface area contributed by atoms with E-state index in [1.807, 2.05) is 0 Å². The third-order valence-corrected chi connectivity index (χ3v) is 6.67. The number of hydrogen-bond acceptors (Lipinski definition) is 3. The first kappa shape index (κ1) is 10.3. The summed E-state index contributed by atoms with van der Waals surface area (Å²) in [5.41, 5.74) is -4.59. The molecule has 0 amide bonds. The van der Waals surface area contributed by atoms with Crippen LogP contribution < -0.4 is 0 Å². The normalized spacial score (nSPS) is 19.6. The van der Waals surface area contributed by atoms with Crippen LogP contribution in [0.2, 0.25) is 0 Å². The van der Waals surface area contributed by atoms with Gasteiger partial charge in [0.05, 0.1) is 56.3 Å². The first-order valence-electron chi connectivity index (χ1n) is 25.2. The van der Waals surface area contributed by atoms with Crippen molar-refractivity contribution < 1.29 is 34.3 Å². The topological polar surface area (TPSA) is 48.5 Å². The molecule has 0 aliphatic carbocycles. The van der Waals surface area contributed by atoms with Gasteiger partial charge >= 0.3 is 0 Å². The average molecular weight is 589 g/mol. The van der Waals surface area contributed by atoms with E-state index >= 15 is 0 Å². The third kappa shape index (κ3) is 3.76. The quantitative estimate of drug-likeness (QED) is 0.206. The molecule has 206 valence electrons. The van der Waals surface area contributed by atoms with E-state index in [1.165, 1.54) is 0 Å². The Morgan fingerprint density at radius 2 is 0.841 bits per heavy atom. The van der Waals surface area contributed by atoms with Crippen LogP contribution in [0.3, 0.4) is 0 Å². The van der Waals surface area contributed by atoms with E-state index in [9.17, 15) is 4.11 Å². The molecular weight excluding hydrogens is 538 g/mol. The summed E-state index contributed by atoms with van der Waals surface area (Å²) in [7, 11) is 0. The Morgan fingerprint density at radius 1 is 0.386 bits per heavy atom. The minimum atomic E-state index is -0.914. The summed E-state index contributed by atoms with van der Waals surface area (Å²) >= 11 is 0. The highest BCUT2D eigenvalue weighted by Crippen LogP contribution is 2.39. The average Bonchev–Trinajstić information content (AvgIpc) is 3.88. The molecule has 9 rings (SSSR count). The number of para-hydroxylation sites is 3. The van der Waals surface area contributed by atoms with Gasteiger partial charge in [-0.25, -0.2) is 4.98 Å². The Bertz CT molecular complexity index is 3740. The van der Waals surface area contributed by atoms with E-state index in [0.29, 0.717) is 0 Å². The van der Waals surface area contributed by atoms with Gasteiger partial charge in [0, 0.05) is 38.4 Å². The minimum absolute atomic E-state index is 0.489. The summed E-state index contributed by atoms with van der Waals surface area (Å²) in [5.74, 6) is -2.49. The molecule has 0 unspecified atom stereocenters. The van der Waals surface area contributed by atoms with Crippen molar-refractivity contribution in [3.63, 3.8) is 0 Å². The zero-order valence-electron chi connectivity index (χ0n) is 46.7. The maximum atomic E-state index is 10.1. The van der Waals surface area contributed by atoms with Gasteiger partial charge in [0.2, 0.25) is 5.95 Å². The lowest BCUT2D eigenvalue weighted by Gasteiger charge is -2.11. The molecule has 0 aliphatic heterocycles. The summed E-state index contributed by atoms with van der Waals surface area (Å²) in [4.78, 5) is 13.1. The molecule has 0 N–H and O–H groups in total. The molecule has 0 spiro atoms. The van der Waals surface area contributed by atoms with E-state index in [1.54, 1.807) is 0 Å². The molecule has 0 fully saturated rings. The van der Waals surface area contributed by atoms with Gasteiger partial charge in [-0.2, -0.15) is 9.97 Å². The second-order valence-corrected chi connectivity index (χ2v) is 9.07. The molecule has 6 aromatic carbocycles. The zero-order valence-corrected chi connectivity index (χ0v) is 21.7. The molecular formula is C39H25N5. The first-order valence-corrected chi connectivity index (χ1v) is 12.7. The van der Waals surface area contributed by atoms with Gasteiger partial charge in [0.1, 0.15) is 0 Å². The van der Waals surface area contributed by atoms with E-state index in [0.717, 1.165) is 9.13 Å². The van der Waals surface area contributed by atoms with Crippen molar-refractivity contribution in [3.8, 4) is 34.4 Å². The van der Waals surface area contributed by atoms with Gasteiger partial charge in [-0.05, 0) is 36.3 Å². The molecule has 0 atom stereocenters. The van der Waals surface area contributed by atoms with Gasteiger partial charge < -0.3 is 4.57 Å². The lowest BCUT2D eigenvalue weighted by atomic mass is 10.1. The molecule has 5 heteroatoms. The maximum Gasteiger partial charge on any atom is 0.238 e. The first-order chi connectivity index (χ1) is 32.2. The van der Waals surface area contributed by atoms with Crippen LogP contribution in [-0.4, -0.2) is 24.1 Å². The zero-order chi connectivity index (χ0) is 50.8. The Hall–Kier alpha value is -6.07. The predicted octanol–water partition coefficient (Wildman–Crippen LogP) is 9.40. The Labute approximate surface area is 288 Å². The molecule has 0 saturated heterocycles. The number of aromatic nitrogens is 5. The highest BCUT2D eigenvalue weighted by atomic mass is 15.2. The van der Waals surface area contributed by atoms with Crippen molar-refractivity contribution in [1.29, 1.82) is 0 Å². The van der Waals surface area contributed by atoms with Crippen molar-refractivity contribution >= 4 is 43.6 Å². The molecule has 9 aromatic rings. The fraction of sp³-hybridized carbons (Fsp3) is 0. The Balaban J connectivity index is 1.62. The van der Waals surface area contributed by atoms with Crippen molar-refractivity contribution in [1.82, 2.24) is 24.1 Å². The number of rotatable bonds is 4. The molecule has 5 nitrogen and oxygen atoms in total. The summed E-state index contributed by atoms with van der Waals surface area (Å²) in [5, 5.41) is -2.02. The van der Waals surface area contributed by atoms with Crippen molar-refractivity contribution in [2.24, 2.45) is 0 Å². The molecule has 0 saturated carbocycles. The SMILES string of the molecule is [2H]c1c([2H])c([2H])c(-c2nc(-c3c([2H])c([2H])c([2H])c([2H])c3[2H])nc(-n3c4c([2H])c([2H])c([2H])c([2H])c4c4c([2H])c5c6c([2H])c([2H])c([2H])c([2H])c6n(-c6c([2H])c([2H])c([2H])c([2H])c6[2H])c5c([2H])c43)n2)c([2H])c1[2H]. The highest BCUT2D eigenvalue weighted by molar-refractivity contribution is 6.19. The molecule has 3 heterocycles. The second kappa shape index (κ2) is 9.75. The predicted molar refractivity (Wildman–Crippen MR) is 179 cm³/mol. The lowest BCUT2D eigenvalue weighted by Crippen LogP contribution is -2.06.